The Kier molecular flexibility index (Phi) is 4.21. The van der Waals surface area contributed by atoms with Gasteiger partial charge in [-0.3, -0.25) is 4.90 Å². The van der Waals surface area contributed by atoms with Crippen LogP contribution >= 0.6 is 11.3 Å². The molecule has 0 amide bonds. The number of benzene rings is 1. The third kappa shape index (κ3) is 3.14. The van der Waals surface area contributed by atoms with Crippen molar-refractivity contribution in [2.24, 2.45) is 0 Å². The van der Waals surface area contributed by atoms with Crippen LogP contribution in [0.2, 0.25) is 0 Å². The maximum Gasteiger partial charge on any atom is 0.140 e. The Balaban J connectivity index is 1.45. The molecule has 4 nitrogen and oxygen atoms in total. The molecule has 24 heavy (non-hydrogen) atoms. The number of hydrogen-bond acceptors (Lipinski definition) is 5. The predicted molar refractivity (Wildman–Crippen MR) is 101 cm³/mol. The molecule has 3 heterocycles. The first-order valence-electron chi connectivity index (χ1n) is 8.43. The van der Waals surface area contributed by atoms with E-state index in [1.807, 2.05) is 0 Å². The van der Waals surface area contributed by atoms with E-state index >= 15 is 0 Å². The number of aromatic nitrogens is 2. The van der Waals surface area contributed by atoms with Gasteiger partial charge in [-0.2, -0.15) is 0 Å². The number of piperazine rings is 1. The van der Waals surface area contributed by atoms with Gasteiger partial charge in [-0.15, -0.1) is 11.3 Å². The Hall–Kier alpha value is -1.98. The molecule has 1 aliphatic heterocycles. The van der Waals surface area contributed by atoms with Crippen molar-refractivity contribution in [3.8, 4) is 0 Å². The molecule has 3 aromatic rings. The molecular weight excluding hydrogens is 316 g/mol. The summed E-state index contributed by atoms with van der Waals surface area (Å²) in [5, 5.41) is 1.20. The van der Waals surface area contributed by atoms with Gasteiger partial charge in [-0.05, 0) is 25.5 Å². The maximum absolute atomic E-state index is 4.57. The van der Waals surface area contributed by atoms with Crippen molar-refractivity contribution < 1.29 is 0 Å². The van der Waals surface area contributed by atoms with E-state index in [1.165, 1.54) is 21.4 Å². The number of hydrogen-bond donors (Lipinski definition) is 0. The van der Waals surface area contributed by atoms with Crippen molar-refractivity contribution in [1.82, 2.24) is 14.9 Å². The summed E-state index contributed by atoms with van der Waals surface area (Å²) >= 11 is 1.75. The molecule has 4 rings (SSSR count). The normalized spacial score (nSPS) is 16.0. The standard InChI is InChI=1S/C19H22N4S/c1-14-4-3-5-16(10-14)12-22-6-8-23(9-7-22)18-17-11-15(2)24-19(17)21-13-20-18/h3-5,10-11,13H,6-9,12H2,1-2H3. The molecule has 0 aliphatic carbocycles. The monoisotopic (exact) mass is 338 g/mol. The summed E-state index contributed by atoms with van der Waals surface area (Å²) in [5.41, 5.74) is 2.74. The molecule has 0 N–H and O–H groups in total. The van der Waals surface area contributed by atoms with Gasteiger partial charge in [0.25, 0.3) is 0 Å². The van der Waals surface area contributed by atoms with Gasteiger partial charge in [0, 0.05) is 37.6 Å². The minimum Gasteiger partial charge on any atom is -0.353 e. The second kappa shape index (κ2) is 6.49. The summed E-state index contributed by atoms with van der Waals surface area (Å²) in [6.07, 6.45) is 1.70. The van der Waals surface area contributed by atoms with Gasteiger partial charge in [0.1, 0.15) is 17.0 Å². The lowest BCUT2D eigenvalue weighted by Gasteiger charge is -2.35. The fourth-order valence-corrected chi connectivity index (χ4v) is 4.24. The molecule has 1 saturated heterocycles. The van der Waals surface area contributed by atoms with Crippen LogP contribution in [0.15, 0.2) is 36.7 Å². The molecule has 0 unspecified atom stereocenters. The smallest absolute Gasteiger partial charge is 0.140 e. The average Bonchev–Trinajstić information content (AvgIpc) is 2.96. The van der Waals surface area contributed by atoms with E-state index < -0.39 is 0 Å². The second-order valence-corrected chi connectivity index (χ2v) is 7.76. The summed E-state index contributed by atoms with van der Waals surface area (Å²) in [7, 11) is 0. The lowest BCUT2D eigenvalue weighted by atomic mass is 10.1. The van der Waals surface area contributed by atoms with Gasteiger partial charge >= 0.3 is 0 Å². The van der Waals surface area contributed by atoms with E-state index in [9.17, 15) is 0 Å². The van der Waals surface area contributed by atoms with Crippen LogP contribution in [-0.2, 0) is 6.54 Å². The highest BCUT2D eigenvalue weighted by Crippen LogP contribution is 2.30. The van der Waals surface area contributed by atoms with Crippen molar-refractivity contribution in [3.63, 3.8) is 0 Å². The molecule has 0 atom stereocenters. The molecule has 0 radical (unpaired) electrons. The highest BCUT2D eigenvalue weighted by atomic mass is 32.1. The average molecular weight is 338 g/mol. The zero-order valence-electron chi connectivity index (χ0n) is 14.2. The van der Waals surface area contributed by atoms with Crippen molar-refractivity contribution >= 4 is 27.4 Å². The Bertz CT molecular complexity index is 849. The minimum atomic E-state index is 1.02. The molecule has 1 aliphatic rings. The maximum atomic E-state index is 4.57. The van der Waals surface area contributed by atoms with Crippen LogP contribution in [0.3, 0.4) is 0 Å². The Morgan fingerprint density at radius 2 is 1.88 bits per heavy atom. The van der Waals surface area contributed by atoms with E-state index in [1.54, 1.807) is 17.7 Å². The third-order valence-electron chi connectivity index (χ3n) is 4.59. The van der Waals surface area contributed by atoms with Gasteiger partial charge in [0.2, 0.25) is 0 Å². The van der Waals surface area contributed by atoms with Gasteiger partial charge in [-0.25, -0.2) is 9.97 Å². The van der Waals surface area contributed by atoms with Crippen molar-refractivity contribution in [2.45, 2.75) is 20.4 Å². The first kappa shape index (κ1) is 15.5. The summed E-state index contributed by atoms with van der Waals surface area (Å²) in [4.78, 5) is 16.3. The lowest BCUT2D eigenvalue weighted by Crippen LogP contribution is -2.46. The Morgan fingerprint density at radius 3 is 2.67 bits per heavy atom. The number of aryl methyl sites for hydroxylation is 2. The van der Waals surface area contributed by atoms with E-state index in [0.717, 1.165) is 43.4 Å². The Morgan fingerprint density at radius 1 is 1.04 bits per heavy atom. The second-order valence-electron chi connectivity index (χ2n) is 6.53. The zero-order valence-corrected chi connectivity index (χ0v) is 15.0. The molecule has 1 fully saturated rings. The molecule has 2 aromatic heterocycles. The topological polar surface area (TPSA) is 32.3 Å². The molecular formula is C19H22N4S. The molecule has 0 spiro atoms. The largest absolute Gasteiger partial charge is 0.353 e. The Labute approximate surface area is 146 Å². The molecule has 0 bridgehead atoms. The first-order chi connectivity index (χ1) is 11.7. The quantitative estimate of drug-likeness (QED) is 0.730. The van der Waals surface area contributed by atoms with Gasteiger partial charge in [0.15, 0.2) is 0 Å². The van der Waals surface area contributed by atoms with E-state index in [-0.39, 0.29) is 0 Å². The first-order valence-corrected chi connectivity index (χ1v) is 9.25. The van der Waals surface area contributed by atoms with Crippen LogP contribution < -0.4 is 4.90 Å². The fourth-order valence-electron chi connectivity index (χ4n) is 3.40. The third-order valence-corrected chi connectivity index (χ3v) is 5.55. The number of anilines is 1. The van der Waals surface area contributed by atoms with Crippen LogP contribution in [-0.4, -0.2) is 41.0 Å². The highest BCUT2D eigenvalue weighted by Gasteiger charge is 2.20. The number of rotatable bonds is 3. The van der Waals surface area contributed by atoms with Gasteiger partial charge in [0.05, 0.1) is 5.39 Å². The van der Waals surface area contributed by atoms with Gasteiger partial charge < -0.3 is 4.90 Å². The zero-order chi connectivity index (χ0) is 16.5. The SMILES string of the molecule is Cc1cccc(CN2CCN(c3ncnc4sc(C)cc34)CC2)c1. The summed E-state index contributed by atoms with van der Waals surface area (Å²) in [6.45, 7) is 9.51. The molecule has 1 aromatic carbocycles. The number of nitrogens with zero attached hydrogens (tertiary/aromatic N) is 4. The predicted octanol–water partition coefficient (Wildman–Crippen LogP) is 3.63. The molecule has 0 saturated carbocycles. The van der Waals surface area contributed by atoms with Crippen molar-refractivity contribution in [2.75, 3.05) is 31.1 Å². The van der Waals surface area contributed by atoms with Crippen molar-refractivity contribution in [1.29, 1.82) is 0 Å². The number of fused-ring (bicyclic) bond motifs is 1. The van der Waals surface area contributed by atoms with E-state index in [0.29, 0.717) is 0 Å². The molecule has 124 valence electrons. The fraction of sp³-hybridized carbons (Fsp3) is 0.368. The van der Waals surface area contributed by atoms with E-state index in [2.05, 4.69) is 63.9 Å². The summed E-state index contributed by atoms with van der Waals surface area (Å²) in [6, 6.07) is 11.0. The molecule has 5 heteroatoms. The summed E-state index contributed by atoms with van der Waals surface area (Å²) in [5.74, 6) is 1.10. The lowest BCUT2D eigenvalue weighted by molar-refractivity contribution is 0.249. The summed E-state index contributed by atoms with van der Waals surface area (Å²) < 4.78 is 0. The van der Waals surface area contributed by atoms with Crippen LogP contribution in [0.1, 0.15) is 16.0 Å². The highest BCUT2D eigenvalue weighted by molar-refractivity contribution is 7.18. The number of thiophene rings is 1. The van der Waals surface area contributed by atoms with Crippen molar-refractivity contribution in [3.05, 3.63) is 52.7 Å². The van der Waals surface area contributed by atoms with Gasteiger partial charge in [-0.1, -0.05) is 29.8 Å². The van der Waals surface area contributed by atoms with Crippen LogP contribution in [0.4, 0.5) is 5.82 Å². The van der Waals surface area contributed by atoms with Crippen LogP contribution in [0.25, 0.3) is 10.2 Å². The van der Waals surface area contributed by atoms with Crippen LogP contribution in [0, 0.1) is 13.8 Å². The minimum absolute atomic E-state index is 1.02. The van der Waals surface area contributed by atoms with Crippen LogP contribution in [0.5, 0.6) is 0 Å². The van der Waals surface area contributed by atoms with E-state index in [4.69, 9.17) is 0 Å².